The van der Waals surface area contributed by atoms with Crippen LogP contribution in [0.15, 0.2) is 48.5 Å². The van der Waals surface area contributed by atoms with Gasteiger partial charge in [0.1, 0.15) is 10.8 Å². The summed E-state index contributed by atoms with van der Waals surface area (Å²) in [4.78, 5) is 18.4. The van der Waals surface area contributed by atoms with Gasteiger partial charge in [-0.3, -0.25) is 4.79 Å². The van der Waals surface area contributed by atoms with Gasteiger partial charge in [0.05, 0.1) is 29.2 Å². The van der Waals surface area contributed by atoms with Crippen LogP contribution in [0.4, 0.5) is 4.39 Å². The van der Waals surface area contributed by atoms with E-state index in [4.69, 9.17) is 4.98 Å². The zero-order chi connectivity index (χ0) is 19.3. The zero-order valence-corrected chi connectivity index (χ0v) is 16.6. The van der Waals surface area contributed by atoms with Crippen molar-refractivity contribution in [2.75, 3.05) is 26.2 Å². The first kappa shape index (κ1) is 19.0. The Morgan fingerprint density at radius 1 is 1.21 bits per heavy atom. The number of benzene rings is 2. The molecule has 2 aromatic carbocycles. The fourth-order valence-corrected chi connectivity index (χ4v) is 5.02. The lowest BCUT2D eigenvalue weighted by molar-refractivity contribution is -0.898. The molecule has 1 aromatic heterocycles. The summed E-state index contributed by atoms with van der Waals surface area (Å²) in [7, 11) is 0. The predicted octanol–water partition coefficient (Wildman–Crippen LogP) is 2.56. The Balaban J connectivity index is 1.28. The van der Waals surface area contributed by atoms with Gasteiger partial charge in [-0.05, 0) is 43.0 Å². The second-order valence-corrected chi connectivity index (χ2v) is 8.49. The van der Waals surface area contributed by atoms with Gasteiger partial charge in [0.15, 0.2) is 6.54 Å². The molecule has 4 rings (SSSR count). The first-order chi connectivity index (χ1) is 13.7. The summed E-state index contributed by atoms with van der Waals surface area (Å²) in [5, 5.41) is 4.14. The average Bonchev–Trinajstić information content (AvgIpc) is 3.14. The number of piperidine rings is 1. The number of aromatic nitrogens is 1. The van der Waals surface area contributed by atoms with Crippen molar-refractivity contribution in [1.82, 2.24) is 10.3 Å². The SMILES string of the molecule is O=C(C[NH+]1CCC[C@@H](c2nc3ccccc3s2)C1)NCCc1ccccc1F. The predicted molar refractivity (Wildman–Crippen MR) is 110 cm³/mol. The smallest absolute Gasteiger partial charge is 0.275 e. The molecule has 2 heterocycles. The van der Waals surface area contributed by atoms with E-state index in [1.165, 1.54) is 20.7 Å². The van der Waals surface area contributed by atoms with Crippen molar-refractivity contribution in [2.45, 2.75) is 25.2 Å². The molecule has 3 aromatic rings. The van der Waals surface area contributed by atoms with Crippen LogP contribution in [-0.2, 0) is 11.2 Å². The van der Waals surface area contributed by atoms with Crippen LogP contribution in [-0.4, -0.2) is 37.1 Å². The molecular formula is C22H25FN3OS+. The number of amides is 1. The molecule has 0 aliphatic carbocycles. The van der Waals surface area contributed by atoms with Gasteiger partial charge in [-0.1, -0.05) is 30.3 Å². The molecule has 1 aliphatic heterocycles. The van der Waals surface area contributed by atoms with Crippen molar-refractivity contribution >= 4 is 27.5 Å². The summed E-state index contributed by atoms with van der Waals surface area (Å²) in [5.41, 5.74) is 1.71. The molecule has 0 saturated carbocycles. The lowest BCUT2D eigenvalue weighted by Crippen LogP contribution is -3.14. The van der Waals surface area contributed by atoms with E-state index in [2.05, 4.69) is 17.4 Å². The monoisotopic (exact) mass is 398 g/mol. The van der Waals surface area contributed by atoms with Crippen LogP contribution >= 0.6 is 11.3 Å². The highest BCUT2D eigenvalue weighted by Gasteiger charge is 2.28. The van der Waals surface area contributed by atoms with E-state index in [1.807, 2.05) is 18.2 Å². The van der Waals surface area contributed by atoms with Gasteiger partial charge in [0.2, 0.25) is 0 Å². The largest absolute Gasteiger partial charge is 0.351 e. The van der Waals surface area contributed by atoms with Crippen LogP contribution < -0.4 is 10.2 Å². The van der Waals surface area contributed by atoms with Gasteiger partial charge in [0, 0.05) is 6.54 Å². The van der Waals surface area contributed by atoms with Crippen LogP contribution in [0.2, 0.25) is 0 Å². The number of nitrogens with one attached hydrogen (secondary N) is 2. The Hall–Kier alpha value is -2.31. The molecule has 4 nitrogen and oxygen atoms in total. The number of hydrogen-bond donors (Lipinski definition) is 2. The Kier molecular flexibility index (Phi) is 5.98. The number of rotatable bonds is 6. The third-order valence-corrected chi connectivity index (χ3v) is 6.56. The van der Waals surface area contributed by atoms with E-state index in [0.717, 1.165) is 31.4 Å². The summed E-state index contributed by atoms with van der Waals surface area (Å²) >= 11 is 1.78. The summed E-state index contributed by atoms with van der Waals surface area (Å²) in [6.07, 6.45) is 2.76. The van der Waals surface area contributed by atoms with Crippen molar-refractivity contribution in [3.05, 3.63) is 64.9 Å². The Labute approximate surface area is 168 Å². The fourth-order valence-electron chi connectivity index (χ4n) is 3.91. The molecule has 2 atom stereocenters. The van der Waals surface area contributed by atoms with Crippen molar-refractivity contribution < 1.29 is 14.1 Å². The molecule has 0 spiro atoms. The summed E-state index contributed by atoms with van der Waals surface area (Å²) < 4.78 is 14.9. The highest BCUT2D eigenvalue weighted by atomic mass is 32.1. The molecule has 1 unspecified atom stereocenters. The van der Waals surface area contributed by atoms with Gasteiger partial charge in [-0.25, -0.2) is 9.37 Å². The van der Waals surface area contributed by atoms with Crippen molar-refractivity contribution in [3.8, 4) is 0 Å². The van der Waals surface area contributed by atoms with Crippen molar-refractivity contribution in [2.24, 2.45) is 0 Å². The molecule has 0 bridgehead atoms. The molecular weight excluding hydrogens is 373 g/mol. The summed E-state index contributed by atoms with van der Waals surface area (Å²) in [6.45, 7) is 2.90. The van der Waals surface area contributed by atoms with E-state index in [0.29, 0.717) is 31.0 Å². The topological polar surface area (TPSA) is 46.4 Å². The molecule has 0 radical (unpaired) electrons. The van der Waals surface area contributed by atoms with Gasteiger partial charge >= 0.3 is 0 Å². The first-order valence-corrected chi connectivity index (χ1v) is 10.7. The molecule has 1 fully saturated rings. The molecule has 146 valence electrons. The molecule has 2 N–H and O–H groups in total. The van der Waals surface area contributed by atoms with Crippen molar-refractivity contribution in [3.63, 3.8) is 0 Å². The number of quaternary nitrogens is 1. The van der Waals surface area contributed by atoms with Crippen LogP contribution in [0.25, 0.3) is 10.2 Å². The van der Waals surface area contributed by atoms with E-state index in [1.54, 1.807) is 23.5 Å². The van der Waals surface area contributed by atoms with Crippen LogP contribution in [0, 0.1) is 5.82 Å². The number of nitrogens with zero attached hydrogens (tertiary/aromatic N) is 1. The minimum absolute atomic E-state index is 0.0382. The summed E-state index contributed by atoms with van der Waals surface area (Å²) in [6, 6.07) is 15.0. The number of para-hydroxylation sites is 1. The van der Waals surface area contributed by atoms with Crippen LogP contribution in [0.5, 0.6) is 0 Å². The van der Waals surface area contributed by atoms with Gasteiger partial charge in [-0.15, -0.1) is 11.3 Å². The third-order valence-electron chi connectivity index (χ3n) is 5.36. The molecule has 1 saturated heterocycles. The molecule has 6 heteroatoms. The number of fused-ring (bicyclic) bond motifs is 1. The number of likely N-dealkylation sites (tertiary alicyclic amines) is 1. The van der Waals surface area contributed by atoms with Gasteiger partial charge < -0.3 is 10.2 Å². The number of carbonyl (C=O) groups is 1. The highest BCUT2D eigenvalue weighted by Crippen LogP contribution is 2.30. The number of hydrogen-bond acceptors (Lipinski definition) is 3. The first-order valence-electron chi connectivity index (χ1n) is 9.88. The normalized spacial score (nSPS) is 19.6. The van der Waals surface area contributed by atoms with E-state index in [-0.39, 0.29) is 11.7 Å². The second-order valence-electron chi connectivity index (χ2n) is 7.43. The maximum atomic E-state index is 13.6. The maximum Gasteiger partial charge on any atom is 0.275 e. The fraction of sp³-hybridized carbons (Fsp3) is 0.364. The second kappa shape index (κ2) is 8.80. The molecule has 1 amide bonds. The van der Waals surface area contributed by atoms with E-state index < -0.39 is 0 Å². The quantitative estimate of drug-likeness (QED) is 0.670. The standard InChI is InChI=1S/C22H24FN3OS/c23-18-8-2-1-6-16(18)11-12-24-21(27)15-26-13-5-7-17(14-26)22-25-19-9-3-4-10-20(19)28-22/h1-4,6,8-10,17H,5,7,11-15H2,(H,24,27)/p+1/t17-/m1/s1. The Morgan fingerprint density at radius 3 is 2.89 bits per heavy atom. The minimum Gasteiger partial charge on any atom is -0.351 e. The molecule has 28 heavy (non-hydrogen) atoms. The van der Waals surface area contributed by atoms with Crippen LogP contribution in [0.3, 0.4) is 0 Å². The van der Waals surface area contributed by atoms with Gasteiger partial charge in [0.25, 0.3) is 5.91 Å². The Bertz CT molecular complexity index is 925. The molecule has 1 aliphatic rings. The zero-order valence-electron chi connectivity index (χ0n) is 15.8. The number of carbonyl (C=O) groups excluding carboxylic acids is 1. The van der Waals surface area contributed by atoms with E-state index in [9.17, 15) is 9.18 Å². The van der Waals surface area contributed by atoms with E-state index >= 15 is 0 Å². The van der Waals surface area contributed by atoms with Crippen LogP contribution in [0.1, 0.15) is 29.3 Å². The minimum atomic E-state index is -0.211. The average molecular weight is 399 g/mol. The number of halogens is 1. The third kappa shape index (κ3) is 4.56. The summed E-state index contributed by atoms with van der Waals surface area (Å²) in [5.74, 6) is 0.251. The lowest BCUT2D eigenvalue weighted by atomic mass is 9.99. The van der Waals surface area contributed by atoms with Crippen molar-refractivity contribution in [1.29, 1.82) is 0 Å². The van der Waals surface area contributed by atoms with Gasteiger partial charge in [-0.2, -0.15) is 0 Å². The lowest BCUT2D eigenvalue weighted by Gasteiger charge is -2.28. The maximum absolute atomic E-state index is 13.6. The number of thiazole rings is 1. The highest BCUT2D eigenvalue weighted by molar-refractivity contribution is 7.18. The Morgan fingerprint density at radius 2 is 2.04 bits per heavy atom.